The van der Waals surface area contributed by atoms with Gasteiger partial charge in [-0.25, -0.2) is 0 Å². The number of allylic oxidation sites excluding steroid dienone is 1. The summed E-state index contributed by atoms with van der Waals surface area (Å²) in [6.45, 7) is 0.109. The topological polar surface area (TPSA) is 20.2 Å². The average Bonchev–Trinajstić information content (AvgIpc) is 2.45. The number of aliphatic hydroxyl groups excluding tert-OH is 1. The molecule has 2 aromatic rings. The fourth-order valence-electron chi connectivity index (χ4n) is 1.85. The highest BCUT2D eigenvalue weighted by atomic mass is 16.3. The second kappa shape index (κ2) is 6.77. The van der Waals surface area contributed by atoms with E-state index in [4.69, 9.17) is 5.11 Å². The summed E-state index contributed by atoms with van der Waals surface area (Å²) in [7, 11) is 0. The Hall–Kier alpha value is -1.86. The Kier molecular flexibility index (Phi) is 4.74. The SMILES string of the molecule is OCc1ccc(C=CCCc2ccccc2)cc1. The summed E-state index contributed by atoms with van der Waals surface area (Å²) in [5.41, 5.74) is 3.51. The molecule has 92 valence electrons. The van der Waals surface area contributed by atoms with Crippen LogP contribution in [0.25, 0.3) is 6.08 Å². The normalized spacial score (nSPS) is 10.9. The summed E-state index contributed by atoms with van der Waals surface area (Å²) >= 11 is 0. The molecule has 1 heteroatoms. The predicted molar refractivity (Wildman–Crippen MR) is 76.2 cm³/mol. The monoisotopic (exact) mass is 238 g/mol. The van der Waals surface area contributed by atoms with Crippen LogP contribution >= 0.6 is 0 Å². The van der Waals surface area contributed by atoms with Gasteiger partial charge in [-0.1, -0.05) is 66.7 Å². The molecular weight excluding hydrogens is 220 g/mol. The molecule has 0 saturated carbocycles. The van der Waals surface area contributed by atoms with Crippen LogP contribution in [0.4, 0.5) is 0 Å². The first-order valence-electron chi connectivity index (χ1n) is 6.29. The number of hydrogen-bond donors (Lipinski definition) is 1. The third-order valence-corrected chi connectivity index (χ3v) is 2.92. The van der Waals surface area contributed by atoms with Crippen molar-refractivity contribution in [3.05, 3.63) is 77.4 Å². The third kappa shape index (κ3) is 3.86. The lowest BCUT2D eigenvalue weighted by molar-refractivity contribution is 0.282. The Morgan fingerprint density at radius 1 is 0.833 bits per heavy atom. The van der Waals surface area contributed by atoms with Gasteiger partial charge < -0.3 is 5.11 Å². The lowest BCUT2D eigenvalue weighted by atomic mass is 10.1. The van der Waals surface area contributed by atoms with Crippen molar-refractivity contribution in [2.45, 2.75) is 19.4 Å². The second-order valence-corrected chi connectivity index (χ2v) is 4.33. The van der Waals surface area contributed by atoms with Crippen molar-refractivity contribution in [3.8, 4) is 0 Å². The molecule has 1 nitrogen and oxygen atoms in total. The van der Waals surface area contributed by atoms with Crippen LogP contribution in [-0.2, 0) is 13.0 Å². The molecule has 0 unspecified atom stereocenters. The molecule has 0 aromatic heterocycles. The molecule has 0 heterocycles. The standard InChI is InChI=1S/C17H18O/c18-14-17-12-10-16(11-13-17)9-5-4-8-15-6-2-1-3-7-15/h1-3,5-7,9-13,18H,4,8,14H2. The van der Waals surface area contributed by atoms with Crippen LogP contribution in [0.1, 0.15) is 23.1 Å². The molecule has 0 atom stereocenters. The van der Waals surface area contributed by atoms with Crippen molar-refractivity contribution in [2.24, 2.45) is 0 Å². The summed E-state index contributed by atoms with van der Waals surface area (Å²) in [5, 5.41) is 8.95. The Balaban J connectivity index is 1.84. The molecular formula is C17H18O. The van der Waals surface area contributed by atoms with Gasteiger partial charge in [0.05, 0.1) is 6.61 Å². The van der Waals surface area contributed by atoms with Crippen LogP contribution in [0.5, 0.6) is 0 Å². The predicted octanol–water partition coefficient (Wildman–Crippen LogP) is 3.82. The van der Waals surface area contributed by atoms with Crippen LogP contribution in [0.15, 0.2) is 60.7 Å². The average molecular weight is 238 g/mol. The number of aryl methyl sites for hydroxylation is 1. The van der Waals surface area contributed by atoms with Gasteiger partial charge in [-0.05, 0) is 29.5 Å². The maximum atomic E-state index is 8.95. The van der Waals surface area contributed by atoms with Crippen molar-refractivity contribution in [1.29, 1.82) is 0 Å². The van der Waals surface area contributed by atoms with Crippen LogP contribution in [0.2, 0.25) is 0 Å². The first kappa shape index (κ1) is 12.6. The molecule has 0 spiro atoms. The largest absolute Gasteiger partial charge is 0.392 e. The van der Waals surface area contributed by atoms with Crippen molar-refractivity contribution in [1.82, 2.24) is 0 Å². The Morgan fingerprint density at radius 2 is 1.56 bits per heavy atom. The van der Waals surface area contributed by atoms with Crippen molar-refractivity contribution < 1.29 is 5.11 Å². The maximum absolute atomic E-state index is 8.95. The minimum absolute atomic E-state index is 0.109. The molecule has 0 aliphatic carbocycles. The Morgan fingerprint density at radius 3 is 2.22 bits per heavy atom. The van der Waals surface area contributed by atoms with Gasteiger partial charge in [0.2, 0.25) is 0 Å². The summed E-state index contributed by atoms with van der Waals surface area (Å²) in [5.74, 6) is 0. The van der Waals surface area contributed by atoms with Crippen LogP contribution in [0.3, 0.4) is 0 Å². The van der Waals surface area contributed by atoms with Crippen LogP contribution in [0, 0.1) is 0 Å². The molecule has 2 rings (SSSR count). The van der Waals surface area contributed by atoms with Gasteiger partial charge in [0.15, 0.2) is 0 Å². The minimum atomic E-state index is 0.109. The summed E-state index contributed by atoms with van der Waals surface area (Å²) in [6, 6.07) is 18.5. The third-order valence-electron chi connectivity index (χ3n) is 2.92. The number of benzene rings is 2. The lowest BCUT2D eigenvalue weighted by Gasteiger charge is -1.98. The zero-order valence-electron chi connectivity index (χ0n) is 10.4. The highest BCUT2D eigenvalue weighted by molar-refractivity contribution is 5.49. The van der Waals surface area contributed by atoms with Gasteiger partial charge in [-0.15, -0.1) is 0 Å². The van der Waals surface area contributed by atoms with Gasteiger partial charge in [0.25, 0.3) is 0 Å². The smallest absolute Gasteiger partial charge is 0.0681 e. The van der Waals surface area contributed by atoms with Gasteiger partial charge in [0, 0.05) is 0 Å². The second-order valence-electron chi connectivity index (χ2n) is 4.33. The first-order chi connectivity index (χ1) is 8.88. The van der Waals surface area contributed by atoms with Crippen molar-refractivity contribution in [2.75, 3.05) is 0 Å². The van der Waals surface area contributed by atoms with E-state index in [9.17, 15) is 0 Å². The number of aliphatic hydroxyl groups is 1. The van der Waals surface area contributed by atoms with E-state index >= 15 is 0 Å². The fourth-order valence-corrected chi connectivity index (χ4v) is 1.85. The molecule has 0 amide bonds. The summed E-state index contributed by atoms with van der Waals surface area (Å²) in [4.78, 5) is 0. The molecule has 0 radical (unpaired) electrons. The van der Waals surface area contributed by atoms with E-state index in [1.807, 2.05) is 30.3 Å². The molecule has 1 N–H and O–H groups in total. The first-order valence-corrected chi connectivity index (χ1v) is 6.29. The Bertz CT molecular complexity index is 483. The zero-order chi connectivity index (χ0) is 12.6. The van der Waals surface area contributed by atoms with E-state index < -0.39 is 0 Å². The van der Waals surface area contributed by atoms with E-state index in [0.717, 1.165) is 18.4 Å². The van der Waals surface area contributed by atoms with Gasteiger partial charge in [-0.3, -0.25) is 0 Å². The summed E-state index contributed by atoms with van der Waals surface area (Å²) < 4.78 is 0. The molecule has 18 heavy (non-hydrogen) atoms. The highest BCUT2D eigenvalue weighted by Gasteiger charge is 1.91. The van der Waals surface area contributed by atoms with E-state index in [2.05, 4.69) is 36.4 Å². The van der Waals surface area contributed by atoms with E-state index in [0.29, 0.717) is 0 Å². The van der Waals surface area contributed by atoms with Crippen LogP contribution < -0.4 is 0 Å². The molecule has 0 saturated heterocycles. The zero-order valence-corrected chi connectivity index (χ0v) is 10.4. The van der Waals surface area contributed by atoms with E-state index in [1.165, 1.54) is 11.1 Å². The molecule has 0 aliphatic heterocycles. The Labute approximate surface area is 108 Å². The van der Waals surface area contributed by atoms with E-state index in [1.54, 1.807) is 0 Å². The number of hydrogen-bond acceptors (Lipinski definition) is 1. The van der Waals surface area contributed by atoms with Crippen molar-refractivity contribution >= 4 is 6.08 Å². The van der Waals surface area contributed by atoms with Crippen LogP contribution in [-0.4, -0.2) is 5.11 Å². The lowest BCUT2D eigenvalue weighted by Crippen LogP contribution is -1.83. The molecule has 0 aliphatic rings. The highest BCUT2D eigenvalue weighted by Crippen LogP contribution is 2.08. The molecule has 0 bridgehead atoms. The van der Waals surface area contributed by atoms with Gasteiger partial charge in [0.1, 0.15) is 0 Å². The number of rotatable bonds is 5. The fraction of sp³-hybridized carbons (Fsp3) is 0.176. The van der Waals surface area contributed by atoms with Gasteiger partial charge >= 0.3 is 0 Å². The molecule has 2 aromatic carbocycles. The summed E-state index contributed by atoms with van der Waals surface area (Å²) in [6.07, 6.45) is 6.45. The van der Waals surface area contributed by atoms with Crippen molar-refractivity contribution in [3.63, 3.8) is 0 Å². The van der Waals surface area contributed by atoms with E-state index in [-0.39, 0.29) is 6.61 Å². The maximum Gasteiger partial charge on any atom is 0.0681 e. The minimum Gasteiger partial charge on any atom is -0.392 e. The van der Waals surface area contributed by atoms with Gasteiger partial charge in [-0.2, -0.15) is 0 Å². The quantitative estimate of drug-likeness (QED) is 0.839. The molecule has 0 fully saturated rings.